The molecule has 0 heterocycles. The fourth-order valence-electron chi connectivity index (χ4n) is 1.40. The minimum Gasteiger partial charge on any atom is -0.497 e. The summed E-state index contributed by atoms with van der Waals surface area (Å²) in [5.41, 5.74) is -0.0663. The molecule has 5 heteroatoms. The average molecular weight is 264 g/mol. The van der Waals surface area contributed by atoms with E-state index in [1.54, 1.807) is 58.4 Å². The lowest BCUT2D eigenvalue weighted by Gasteiger charge is -2.26. The Hall–Kier alpha value is -2.04. The highest BCUT2D eigenvalue weighted by Gasteiger charge is 2.23. The third-order valence-electron chi connectivity index (χ3n) is 2.22. The van der Waals surface area contributed by atoms with Crippen LogP contribution in [0.5, 0.6) is 5.75 Å². The van der Waals surface area contributed by atoms with E-state index in [9.17, 15) is 9.59 Å². The van der Waals surface area contributed by atoms with Gasteiger partial charge in [-0.2, -0.15) is 0 Å². The van der Waals surface area contributed by atoms with Gasteiger partial charge in [0.25, 0.3) is 0 Å². The molecule has 1 aromatic carbocycles. The molecular weight excluding hydrogens is 246 g/mol. The summed E-state index contributed by atoms with van der Waals surface area (Å²) >= 11 is 0. The van der Waals surface area contributed by atoms with Gasteiger partial charge in [0, 0.05) is 5.69 Å². The predicted molar refractivity (Wildman–Crippen MR) is 72.3 cm³/mol. The number of carbonyl (C=O) groups is 1. The summed E-state index contributed by atoms with van der Waals surface area (Å²) in [7, 11) is 1.56. The predicted octanol–water partition coefficient (Wildman–Crippen LogP) is 2.55. The van der Waals surface area contributed by atoms with Crippen molar-refractivity contribution in [3.8, 4) is 5.75 Å². The number of carbonyl (C=O) groups excluding carboxylic acids is 2. The van der Waals surface area contributed by atoms with E-state index in [2.05, 4.69) is 0 Å². The summed E-state index contributed by atoms with van der Waals surface area (Å²) in [6.45, 7) is 5.12. The fourth-order valence-corrected chi connectivity index (χ4v) is 1.40. The standard InChI is InChI=1S/C14H18NO4/c1-14(2,3)19-13(17)15(9-10-16)11-5-7-12(18-4)8-6-11/h5-8H,9H2,1-4H3. The molecule has 1 aromatic rings. The minimum absolute atomic E-state index is 0.179. The zero-order chi connectivity index (χ0) is 14.5. The van der Waals surface area contributed by atoms with Gasteiger partial charge in [-0.25, -0.2) is 4.79 Å². The molecule has 0 aliphatic heterocycles. The normalized spacial score (nSPS) is 10.7. The van der Waals surface area contributed by atoms with Crippen LogP contribution >= 0.6 is 0 Å². The molecule has 5 nitrogen and oxygen atoms in total. The zero-order valence-corrected chi connectivity index (χ0v) is 11.6. The lowest BCUT2D eigenvalue weighted by molar-refractivity contribution is 0.0585. The Morgan fingerprint density at radius 3 is 2.26 bits per heavy atom. The van der Waals surface area contributed by atoms with Gasteiger partial charge in [0.1, 0.15) is 11.4 Å². The summed E-state index contributed by atoms with van der Waals surface area (Å²) in [6.07, 6.45) is 1.12. The highest BCUT2D eigenvalue weighted by atomic mass is 16.6. The average Bonchev–Trinajstić information content (AvgIpc) is 2.34. The first-order valence-electron chi connectivity index (χ1n) is 5.87. The summed E-state index contributed by atoms with van der Waals surface area (Å²) in [5, 5.41) is 0. The number of benzene rings is 1. The Bertz CT molecular complexity index is 434. The molecule has 0 fully saturated rings. The molecular formula is C14H18NO4. The zero-order valence-electron chi connectivity index (χ0n) is 11.6. The number of anilines is 1. The molecule has 1 rings (SSSR count). The first-order chi connectivity index (χ1) is 8.87. The van der Waals surface area contributed by atoms with Crippen LogP contribution in [0.15, 0.2) is 24.3 Å². The van der Waals surface area contributed by atoms with E-state index < -0.39 is 11.7 Å². The molecule has 0 aliphatic rings. The summed E-state index contributed by atoms with van der Waals surface area (Å²) in [5.74, 6) is 0.669. The maximum absolute atomic E-state index is 12.0. The van der Waals surface area contributed by atoms with Crippen LogP contribution in [0.3, 0.4) is 0 Å². The van der Waals surface area contributed by atoms with Gasteiger partial charge < -0.3 is 9.47 Å². The van der Waals surface area contributed by atoms with E-state index in [0.717, 1.165) is 0 Å². The Morgan fingerprint density at radius 2 is 1.84 bits per heavy atom. The third-order valence-corrected chi connectivity index (χ3v) is 2.22. The summed E-state index contributed by atoms with van der Waals surface area (Å²) in [4.78, 5) is 23.8. The van der Waals surface area contributed by atoms with Gasteiger partial charge in [0.15, 0.2) is 0 Å². The number of methoxy groups -OCH3 is 1. The van der Waals surface area contributed by atoms with Crippen LogP contribution in [0.25, 0.3) is 0 Å². The topological polar surface area (TPSA) is 55.8 Å². The molecule has 0 spiro atoms. The van der Waals surface area contributed by atoms with Crippen molar-refractivity contribution in [1.82, 2.24) is 0 Å². The van der Waals surface area contributed by atoms with Crippen molar-refractivity contribution in [2.75, 3.05) is 18.6 Å². The number of rotatable bonds is 4. The summed E-state index contributed by atoms with van der Waals surface area (Å²) in [6, 6.07) is 6.77. The van der Waals surface area contributed by atoms with E-state index in [-0.39, 0.29) is 6.54 Å². The van der Waals surface area contributed by atoms with Crippen molar-refractivity contribution in [1.29, 1.82) is 0 Å². The molecule has 0 aliphatic carbocycles. The van der Waals surface area contributed by atoms with Crippen molar-refractivity contribution in [3.63, 3.8) is 0 Å². The van der Waals surface area contributed by atoms with Gasteiger partial charge in [0.05, 0.1) is 13.7 Å². The van der Waals surface area contributed by atoms with Crippen molar-refractivity contribution in [2.24, 2.45) is 0 Å². The molecule has 103 valence electrons. The van der Waals surface area contributed by atoms with E-state index in [1.165, 1.54) is 4.90 Å². The number of hydrogen-bond acceptors (Lipinski definition) is 4. The van der Waals surface area contributed by atoms with Crippen LogP contribution in [0.2, 0.25) is 0 Å². The van der Waals surface area contributed by atoms with Crippen molar-refractivity contribution >= 4 is 18.1 Å². The highest BCUT2D eigenvalue weighted by Crippen LogP contribution is 2.21. The van der Waals surface area contributed by atoms with Gasteiger partial charge in [-0.1, -0.05) is 0 Å². The first kappa shape index (κ1) is 15.0. The largest absolute Gasteiger partial charge is 0.497 e. The molecule has 0 saturated carbocycles. The second-order valence-corrected chi connectivity index (χ2v) is 4.91. The SMILES string of the molecule is COc1ccc(N(C[C]=O)C(=O)OC(C)(C)C)cc1. The van der Waals surface area contributed by atoms with E-state index in [0.29, 0.717) is 11.4 Å². The molecule has 0 atom stereocenters. The molecule has 0 unspecified atom stereocenters. The molecule has 1 radical (unpaired) electrons. The maximum Gasteiger partial charge on any atom is 0.415 e. The lowest BCUT2D eigenvalue weighted by Crippen LogP contribution is -2.37. The fraction of sp³-hybridized carbons (Fsp3) is 0.429. The maximum atomic E-state index is 12.0. The number of nitrogens with zero attached hydrogens (tertiary/aromatic N) is 1. The Morgan fingerprint density at radius 1 is 1.26 bits per heavy atom. The van der Waals surface area contributed by atoms with Crippen molar-refractivity contribution in [2.45, 2.75) is 26.4 Å². The second kappa shape index (κ2) is 6.22. The molecule has 0 bridgehead atoms. The Kier molecular flexibility index (Phi) is 4.92. The third kappa shape index (κ3) is 4.62. The smallest absolute Gasteiger partial charge is 0.415 e. The molecule has 19 heavy (non-hydrogen) atoms. The molecule has 0 aromatic heterocycles. The van der Waals surface area contributed by atoms with Gasteiger partial charge in [-0.15, -0.1) is 0 Å². The molecule has 1 amide bonds. The first-order valence-corrected chi connectivity index (χ1v) is 5.87. The second-order valence-electron chi connectivity index (χ2n) is 4.91. The van der Waals surface area contributed by atoms with Crippen LogP contribution in [0.1, 0.15) is 20.8 Å². The van der Waals surface area contributed by atoms with E-state index >= 15 is 0 Å². The quantitative estimate of drug-likeness (QED) is 0.838. The number of ether oxygens (including phenoxy) is 2. The van der Waals surface area contributed by atoms with Gasteiger partial charge in [-0.3, -0.25) is 9.69 Å². The van der Waals surface area contributed by atoms with Crippen LogP contribution in [0.4, 0.5) is 10.5 Å². The number of amides is 1. The molecule has 0 N–H and O–H groups in total. The van der Waals surface area contributed by atoms with Crippen LogP contribution in [-0.2, 0) is 9.53 Å². The van der Waals surface area contributed by atoms with Crippen LogP contribution in [0, 0.1) is 0 Å². The summed E-state index contributed by atoms with van der Waals surface area (Å²) < 4.78 is 10.3. The van der Waals surface area contributed by atoms with E-state index in [4.69, 9.17) is 9.47 Å². The van der Waals surface area contributed by atoms with Crippen LogP contribution < -0.4 is 9.64 Å². The Balaban J connectivity index is 2.92. The van der Waals surface area contributed by atoms with Crippen LogP contribution in [-0.4, -0.2) is 31.6 Å². The molecule has 0 saturated heterocycles. The monoisotopic (exact) mass is 264 g/mol. The van der Waals surface area contributed by atoms with Crippen molar-refractivity contribution < 1.29 is 19.1 Å². The van der Waals surface area contributed by atoms with Gasteiger partial charge in [0.2, 0.25) is 6.29 Å². The minimum atomic E-state index is -0.620. The van der Waals surface area contributed by atoms with Crippen molar-refractivity contribution in [3.05, 3.63) is 24.3 Å². The van der Waals surface area contributed by atoms with Gasteiger partial charge >= 0.3 is 6.09 Å². The van der Waals surface area contributed by atoms with E-state index in [1.807, 2.05) is 0 Å². The lowest BCUT2D eigenvalue weighted by atomic mass is 10.2. The Labute approximate surface area is 113 Å². The van der Waals surface area contributed by atoms with Gasteiger partial charge in [-0.05, 0) is 45.0 Å². The highest BCUT2D eigenvalue weighted by molar-refractivity contribution is 5.91. The number of hydrogen-bond donors (Lipinski definition) is 0.